The van der Waals surface area contributed by atoms with Gasteiger partial charge in [-0.1, -0.05) is 12.1 Å². The number of methoxy groups -OCH3 is 2. The maximum Gasteiger partial charge on any atom is 0.225 e. The number of nitrogen functional groups attached to an aromatic ring is 1. The van der Waals surface area contributed by atoms with Gasteiger partial charge >= 0.3 is 0 Å². The van der Waals surface area contributed by atoms with Gasteiger partial charge in [-0.3, -0.25) is 0 Å². The Kier molecular flexibility index (Phi) is 5.70. The SMILES string of the molecule is COc1ccc(-n2nc3nc(NC[C@@H]4CCCO4)nc(-c4cccc(OC)c4)c3c2N)cc1. The van der Waals surface area contributed by atoms with E-state index in [1.165, 1.54) is 0 Å². The summed E-state index contributed by atoms with van der Waals surface area (Å²) >= 11 is 0. The van der Waals surface area contributed by atoms with Crippen LogP contribution >= 0.6 is 0 Å². The molecule has 170 valence electrons. The molecule has 1 atom stereocenters. The summed E-state index contributed by atoms with van der Waals surface area (Å²) in [7, 11) is 3.27. The van der Waals surface area contributed by atoms with Crippen LogP contribution in [-0.4, -0.2) is 53.2 Å². The van der Waals surface area contributed by atoms with E-state index in [2.05, 4.69) is 10.3 Å². The molecule has 3 heterocycles. The summed E-state index contributed by atoms with van der Waals surface area (Å²) in [5.41, 5.74) is 9.45. The minimum Gasteiger partial charge on any atom is -0.497 e. The molecule has 3 N–H and O–H groups in total. The lowest BCUT2D eigenvalue weighted by Gasteiger charge is -2.12. The highest BCUT2D eigenvalue weighted by Gasteiger charge is 2.21. The van der Waals surface area contributed by atoms with Gasteiger partial charge in [-0.05, 0) is 49.2 Å². The summed E-state index contributed by atoms with van der Waals surface area (Å²) in [6.07, 6.45) is 2.26. The monoisotopic (exact) mass is 446 g/mol. The first-order chi connectivity index (χ1) is 16.2. The molecule has 9 heteroatoms. The van der Waals surface area contributed by atoms with E-state index in [0.717, 1.165) is 42.2 Å². The second-order valence-corrected chi connectivity index (χ2v) is 7.84. The Labute approximate surface area is 191 Å². The molecule has 0 spiro atoms. The van der Waals surface area contributed by atoms with E-state index in [0.29, 0.717) is 35.0 Å². The van der Waals surface area contributed by atoms with Crippen molar-refractivity contribution in [3.05, 3.63) is 48.5 Å². The molecule has 0 radical (unpaired) electrons. The van der Waals surface area contributed by atoms with Crippen LogP contribution in [0, 0.1) is 0 Å². The summed E-state index contributed by atoms with van der Waals surface area (Å²) in [5, 5.41) is 8.70. The fraction of sp³-hybridized carbons (Fsp3) is 0.292. The first-order valence-corrected chi connectivity index (χ1v) is 10.9. The van der Waals surface area contributed by atoms with Crippen molar-refractivity contribution in [3.63, 3.8) is 0 Å². The maximum absolute atomic E-state index is 6.59. The topological polar surface area (TPSA) is 109 Å². The number of nitrogens with two attached hydrogens (primary N) is 1. The molecule has 0 bridgehead atoms. The number of nitrogens with zero attached hydrogens (tertiary/aromatic N) is 4. The zero-order valence-corrected chi connectivity index (χ0v) is 18.6. The van der Waals surface area contributed by atoms with Gasteiger partial charge < -0.3 is 25.3 Å². The maximum atomic E-state index is 6.59. The third kappa shape index (κ3) is 4.14. The van der Waals surface area contributed by atoms with E-state index in [-0.39, 0.29) is 6.10 Å². The molecule has 33 heavy (non-hydrogen) atoms. The first-order valence-electron chi connectivity index (χ1n) is 10.9. The van der Waals surface area contributed by atoms with Crippen molar-refractivity contribution in [1.29, 1.82) is 0 Å². The van der Waals surface area contributed by atoms with E-state index < -0.39 is 0 Å². The van der Waals surface area contributed by atoms with Gasteiger partial charge in [0.25, 0.3) is 0 Å². The minimum atomic E-state index is 0.159. The highest BCUT2D eigenvalue weighted by atomic mass is 16.5. The van der Waals surface area contributed by atoms with Gasteiger partial charge in [-0.25, -0.2) is 9.67 Å². The van der Waals surface area contributed by atoms with Gasteiger partial charge in [0.15, 0.2) is 5.65 Å². The Morgan fingerprint density at radius 1 is 1.09 bits per heavy atom. The number of aromatic nitrogens is 4. The highest BCUT2D eigenvalue weighted by Crippen LogP contribution is 2.34. The van der Waals surface area contributed by atoms with Gasteiger partial charge in [-0.15, -0.1) is 5.10 Å². The predicted molar refractivity (Wildman–Crippen MR) is 127 cm³/mol. The molecule has 9 nitrogen and oxygen atoms in total. The number of fused-ring (bicyclic) bond motifs is 1. The third-order valence-electron chi connectivity index (χ3n) is 5.74. The van der Waals surface area contributed by atoms with Crippen molar-refractivity contribution in [2.45, 2.75) is 18.9 Å². The number of rotatable bonds is 7. The molecule has 2 aromatic carbocycles. The minimum absolute atomic E-state index is 0.159. The fourth-order valence-electron chi connectivity index (χ4n) is 4.00. The number of anilines is 2. The highest BCUT2D eigenvalue weighted by molar-refractivity contribution is 5.99. The summed E-state index contributed by atoms with van der Waals surface area (Å²) in [6.45, 7) is 1.43. The number of hydrogen-bond acceptors (Lipinski definition) is 8. The van der Waals surface area contributed by atoms with Crippen LogP contribution < -0.4 is 20.5 Å². The molecule has 0 saturated carbocycles. The van der Waals surface area contributed by atoms with Gasteiger partial charge in [0.05, 0.1) is 37.1 Å². The second kappa shape index (κ2) is 8.95. The number of ether oxygens (including phenoxy) is 3. The molecule has 1 saturated heterocycles. The zero-order valence-electron chi connectivity index (χ0n) is 18.6. The fourth-order valence-corrected chi connectivity index (χ4v) is 4.00. The average molecular weight is 447 g/mol. The van der Waals surface area contributed by atoms with E-state index in [1.54, 1.807) is 18.9 Å². The second-order valence-electron chi connectivity index (χ2n) is 7.84. The molecule has 0 unspecified atom stereocenters. The normalized spacial score (nSPS) is 15.6. The third-order valence-corrected chi connectivity index (χ3v) is 5.74. The summed E-state index contributed by atoms with van der Waals surface area (Å²) in [6, 6.07) is 15.2. The van der Waals surface area contributed by atoms with E-state index >= 15 is 0 Å². The van der Waals surface area contributed by atoms with Gasteiger partial charge in [-0.2, -0.15) is 4.98 Å². The Morgan fingerprint density at radius 3 is 2.64 bits per heavy atom. The standard InChI is InChI=1S/C24H26N6O3/c1-31-17-10-8-16(9-11-17)30-22(25)20-21(15-5-3-6-18(13-15)32-2)27-24(28-23(20)29-30)26-14-19-7-4-12-33-19/h3,5-6,8-11,13,19H,4,7,12,14,25H2,1-2H3,(H,26,28,29)/t19-/m0/s1. The Morgan fingerprint density at radius 2 is 1.91 bits per heavy atom. The molecule has 4 aromatic rings. The smallest absolute Gasteiger partial charge is 0.225 e. The molecular weight excluding hydrogens is 420 g/mol. The van der Waals surface area contributed by atoms with Crippen LogP contribution in [0.15, 0.2) is 48.5 Å². The molecule has 0 amide bonds. The quantitative estimate of drug-likeness (QED) is 0.443. The summed E-state index contributed by atoms with van der Waals surface area (Å²) < 4.78 is 18.1. The van der Waals surface area contributed by atoms with Crippen LogP contribution in [0.5, 0.6) is 11.5 Å². The summed E-state index contributed by atoms with van der Waals surface area (Å²) in [5.74, 6) is 2.43. The van der Waals surface area contributed by atoms with Crippen molar-refractivity contribution in [1.82, 2.24) is 19.7 Å². The van der Waals surface area contributed by atoms with Crippen molar-refractivity contribution in [2.75, 3.05) is 38.4 Å². The van der Waals surface area contributed by atoms with Gasteiger partial charge in [0.1, 0.15) is 17.3 Å². The van der Waals surface area contributed by atoms with Crippen LogP contribution in [-0.2, 0) is 4.74 Å². The number of hydrogen-bond donors (Lipinski definition) is 2. The van der Waals surface area contributed by atoms with Gasteiger partial charge in [0.2, 0.25) is 5.95 Å². The lowest BCUT2D eigenvalue weighted by Crippen LogP contribution is -2.19. The van der Waals surface area contributed by atoms with Crippen molar-refractivity contribution < 1.29 is 14.2 Å². The average Bonchev–Trinajstić information content (AvgIpc) is 3.50. The molecule has 0 aliphatic carbocycles. The number of nitrogens with one attached hydrogen (secondary N) is 1. The van der Waals surface area contributed by atoms with Crippen LogP contribution in [0.4, 0.5) is 11.8 Å². The first kappa shape index (κ1) is 21.0. The van der Waals surface area contributed by atoms with Crippen molar-refractivity contribution in [2.24, 2.45) is 0 Å². The molecule has 5 rings (SSSR count). The van der Waals surface area contributed by atoms with E-state index in [1.807, 2.05) is 48.5 Å². The molecule has 1 fully saturated rings. The number of benzene rings is 2. The van der Waals surface area contributed by atoms with Gasteiger partial charge in [0, 0.05) is 18.7 Å². The molecule has 2 aromatic heterocycles. The lowest BCUT2D eigenvalue weighted by atomic mass is 10.1. The van der Waals surface area contributed by atoms with E-state index in [4.69, 9.17) is 30.0 Å². The zero-order chi connectivity index (χ0) is 22.8. The molecular formula is C24H26N6O3. The predicted octanol–water partition coefficient (Wildman–Crippen LogP) is 3.67. The Hall–Kier alpha value is -3.85. The molecule has 1 aliphatic rings. The van der Waals surface area contributed by atoms with E-state index in [9.17, 15) is 0 Å². The lowest BCUT2D eigenvalue weighted by molar-refractivity contribution is 0.120. The van der Waals surface area contributed by atoms with Crippen LogP contribution in [0.25, 0.3) is 28.0 Å². The Bertz CT molecular complexity index is 1270. The van der Waals surface area contributed by atoms with Crippen molar-refractivity contribution in [3.8, 4) is 28.4 Å². The Balaban J connectivity index is 1.62. The van der Waals surface area contributed by atoms with Crippen LogP contribution in [0.2, 0.25) is 0 Å². The summed E-state index contributed by atoms with van der Waals surface area (Å²) in [4.78, 5) is 9.48. The molecule has 1 aliphatic heterocycles. The van der Waals surface area contributed by atoms with Crippen molar-refractivity contribution >= 4 is 22.8 Å². The van der Waals surface area contributed by atoms with Crippen LogP contribution in [0.3, 0.4) is 0 Å². The largest absolute Gasteiger partial charge is 0.497 e. The van der Waals surface area contributed by atoms with Crippen LogP contribution in [0.1, 0.15) is 12.8 Å².